The van der Waals surface area contributed by atoms with Crippen LogP contribution in [0.2, 0.25) is 10.3 Å². The quantitative estimate of drug-likeness (QED) is 0.133. The lowest BCUT2D eigenvalue weighted by Crippen LogP contribution is -2.41. The summed E-state index contributed by atoms with van der Waals surface area (Å²) in [5.41, 5.74) is 5.82. The summed E-state index contributed by atoms with van der Waals surface area (Å²) in [6.45, 7) is 2.49. The van der Waals surface area contributed by atoms with Crippen LogP contribution in [-0.2, 0) is 50.1 Å². The van der Waals surface area contributed by atoms with Crippen molar-refractivity contribution in [3.05, 3.63) is 148 Å². The SMILES string of the molecule is C[C@@H]1[C@H](Cn2cnc(Cl)c2Cl)O[C@H](c2ccc(-c3ccccc3CN3C(=O)CC(NC(=O)OCc4ccccc4)C3=O)cc2)O[C@@H]1c1ccc(CO)cc1. The molecule has 0 bridgehead atoms. The van der Waals surface area contributed by atoms with Gasteiger partial charge in [-0.25, -0.2) is 9.78 Å². The Kier molecular flexibility index (Phi) is 11.4. The molecule has 2 aliphatic rings. The number of likely N-dealkylation sites (tertiary alicyclic amines) is 1. The molecule has 3 heterocycles. The monoisotopic (exact) mass is 768 g/mol. The van der Waals surface area contributed by atoms with Crippen molar-refractivity contribution in [1.29, 1.82) is 0 Å². The van der Waals surface area contributed by atoms with Crippen LogP contribution in [0.3, 0.4) is 0 Å². The molecule has 3 amide bonds. The first kappa shape index (κ1) is 37.3. The molecule has 2 N–H and O–H groups in total. The summed E-state index contributed by atoms with van der Waals surface area (Å²) in [5.74, 6) is -0.957. The van der Waals surface area contributed by atoms with Gasteiger partial charge in [0.15, 0.2) is 11.4 Å². The van der Waals surface area contributed by atoms with Crippen LogP contribution < -0.4 is 5.32 Å². The maximum atomic E-state index is 13.3. The van der Waals surface area contributed by atoms with E-state index in [0.717, 1.165) is 38.9 Å². The number of rotatable bonds is 11. The van der Waals surface area contributed by atoms with Gasteiger partial charge in [-0.1, -0.05) is 133 Å². The number of aliphatic hydroxyl groups is 1. The van der Waals surface area contributed by atoms with E-state index in [9.17, 15) is 19.5 Å². The number of benzene rings is 4. The molecule has 7 rings (SSSR count). The number of halogens is 2. The fourth-order valence-electron chi connectivity index (χ4n) is 6.79. The lowest BCUT2D eigenvalue weighted by Gasteiger charge is -2.41. The van der Waals surface area contributed by atoms with E-state index in [1.807, 2.05) is 103 Å². The average Bonchev–Trinajstić information content (AvgIpc) is 3.65. The van der Waals surface area contributed by atoms with Gasteiger partial charge in [0.2, 0.25) is 5.91 Å². The van der Waals surface area contributed by atoms with Crippen molar-refractivity contribution in [2.24, 2.45) is 5.92 Å². The van der Waals surface area contributed by atoms with Crippen LogP contribution in [0.4, 0.5) is 4.79 Å². The molecule has 0 radical (unpaired) electrons. The molecular weight excluding hydrogens is 731 g/mol. The normalized spacial score (nSPS) is 21.3. The number of aromatic nitrogens is 2. The third-order valence-corrected chi connectivity index (χ3v) is 10.6. The van der Waals surface area contributed by atoms with Gasteiger partial charge in [-0.15, -0.1) is 0 Å². The van der Waals surface area contributed by atoms with E-state index in [0.29, 0.717) is 11.7 Å². The van der Waals surface area contributed by atoms with E-state index >= 15 is 0 Å². The average molecular weight is 770 g/mol. The van der Waals surface area contributed by atoms with Crippen LogP contribution in [0.1, 0.15) is 53.6 Å². The molecular formula is C41H38Cl2N4O7. The van der Waals surface area contributed by atoms with Gasteiger partial charge in [0.1, 0.15) is 17.8 Å². The lowest BCUT2D eigenvalue weighted by atomic mass is 9.90. The third-order valence-electron chi connectivity index (χ3n) is 9.82. The second-order valence-corrected chi connectivity index (χ2v) is 14.1. The summed E-state index contributed by atoms with van der Waals surface area (Å²) in [6, 6.07) is 31.2. The number of aliphatic hydroxyl groups excluding tert-OH is 1. The highest BCUT2D eigenvalue weighted by molar-refractivity contribution is 6.40. The number of nitrogens with zero attached hydrogens (tertiary/aromatic N) is 3. The van der Waals surface area contributed by atoms with Gasteiger partial charge in [0.05, 0.1) is 44.7 Å². The van der Waals surface area contributed by atoms with E-state index in [1.165, 1.54) is 4.90 Å². The fraction of sp³-hybridized carbons (Fsp3) is 0.268. The zero-order chi connectivity index (χ0) is 37.8. The van der Waals surface area contributed by atoms with Crippen LogP contribution in [0.15, 0.2) is 109 Å². The first-order valence-corrected chi connectivity index (χ1v) is 18.3. The Balaban J connectivity index is 1.06. The summed E-state index contributed by atoms with van der Waals surface area (Å²) in [4.78, 5) is 44.1. The molecule has 54 heavy (non-hydrogen) atoms. The minimum Gasteiger partial charge on any atom is -0.445 e. The van der Waals surface area contributed by atoms with Gasteiger partial charge in [-0.05, 0) is 33.4 Å². The summed E-state index contributed by atoms with van der Waals surface area (Å²) >= 11 is 12.6. The van der Waals surface area contributed by atoms with Gasteiger partial charge >= 0.3 is 6.09 Å². The smallest absolute Gasteiger partial charge is 0.408 e. The number of ether oxygens (including phenoxy) is 3. The van der Waals surface area contributed by atoms with Crippen LogP contribution in [0.25, 0.3) is 11.1 Å². The Morgan fingerprint density at radius 1 is 0.907 bits per heavy atom. The number of amides is 3. The summed E-state index contributed by atoms with van der Waals surface area (Å²) in [6.07, 6.45) is -0.708. The highest BCUT2D eigenvalue weighted by Gasteiger charge is 2.41. The number of hydrogen-bond donors (Lipinski definition) is 2. The molecule has 1 unspecified atom stereocenters. The molecule has 1 aromatic heterocycles. The number of carbonyl (C=O) groups excluding carboxylic acids is 3. The van der Waals surface area contributed by atoms with Crippen LogP contribution in [-0.4, -0.2) is 49.6 Å². The molecule has 2 aliphatic heterocycles. The number of nitrogens with one attached hydrogen (secondary N) is 1. The lowest BCUT2D eigenvalue weighted by molar-refractivity contribution is -0.276. The molecule has 2 saturated heterocycles. The van der Waals surface area contributed by atoms with E-state index in [-0.39, 0.29) is 55.4 Å². The minimum absolute atomic E-state index is 0.0405. The summed E-state index contributed by atoms with van der Waals surface area (Å²) < 4.78 is 20.2. The molecule has 5 aromatic rings. The topological polar surface area (TPSA) is 132 Å². The number of hydrogen-bond acceptors (Lipinski definition) is 8. The molecule has 2 fully saturated rings. The van der Waals surface area contributed by atoms with Crippen molar-refractivity contribution >= 4 is 41.1 Å². The predicted molar refractivity (Wildman–Crippen MR) is 201 cm³/mol. The van der Waals surface area contributed by atoms with Crippen LogP contribution >= 0.6 is 23.2 Å². The Morgan fingerprint density at radius 2 is 1.61 bits per heavy atom. The zero-order valence-corrected chi connectivity index (χ0v) is 30.8. The molecule has 0 saturated carbocycles. The van der Waals surface area contributed by atoms with Crippen molar-refractivity contribution in [3.63, 3.8) is 0 Å². The summed E-state index contributed by atoms with van der Waals surface area (Å²) in [5, 5.41) is 12.7. The third kappa shape index (κ3) is 8.20. The van der Waals surface area contributed by atoms with E-state index < -0.39 is 24.3 Å². The van der Waals surface area contributed by atoms with Crippen LogP contribution in [0.5, 0.6) is 0 Å². The number of imidazole rings is 1. The Hall–Kier alpha value is -5.04. The van der Waals surface area contributed by atoms with Gasteiger partial charge in [-0.2, -0.15) is 0 Å². The number of alkyl carbamates (subject to hydrolysis) is 1. The Labute approximate surface area is 322 Å². The highest BCUT2D eigenvalue weighted by Crippen LogP contribution is 2.43. The molecule has 11 nitrogen and oxygen atoms in total. The van der Waals surface area contributed by atoms with Crippen molar-refractivity contribution in [2.45, 2.75) is 64.2 Å². The second kappa shape index (κ2) is 16.5. The Morgan fingerprint density at radius 3 is 2.31 bits per heavy atom. The zero-order valence-electron chi connectivity index (χ0n) is 29.3. The Bertz CT molecular complexity index is 2110. The second-order valence-electron chi connectivity index (χ2n) is 13.4. The highest BCUT2D eigenvalue weighted by atomic mass is 35.5. The predicted octanol–water partition coefficient (Wildman–Crippen LogP) is 7.39. The maximum Gasteiger partial charge on any atom is 0.408 e. The van der Waals surface area contributed by atoms with Gasteiger partial charge < -0.3 is 29.2 Å². The first-order chi connectivity index (χ1) is 26.2. The van der Waals surface area contributed by atoms with E-state index in [1.54, 1.807) is 10.9 Å². The standard InChI is InChI=1S/C41H38Cl2N4O7/c1-25-34(21-46-24-44-37(42)38(46)43)53-40(54-36(25)29-13-11-26(22-48)12-14-29)30-17-15-28(16-18-30)32-10-6-5-9-31(32)20-47-35(49)19-33(39(47)50)45-41(51)52-23-27-7-3-2-4-8-27/h2-18,24-25,33-34,36,40,48H,19-23H2,1H3,(H,45,51)/t25-,33?,34+,36+,40+/m1/s1. The molecule has 0 spiro atoms. The van der Waals surface area contributed by atoms with Gasteiger partial charge in [-0.3, -0.25) is 14.5 Å². The first-order valence-electron chi connectivity index (χ1n) is 17.5. The fourth-order valence-corrected chi connectivity index (χ4v) is 7.10. The van der Waals surface area contributed by atoms with E-state index in [2.05, 4.69) is 17.2 Å². The molecule has 13 heteroatoms. The number of carbonyl (C=O) groups is 3. The van der Waals surface area contributed by atoms with Gasteiger partial charge in [0, 0.05) is 11.5 Å². The molecule has 0 aliphatic carbocycles. The minimum atomic E-state index is -1.01. The largest absolute Gasteiger partial charge is 0.445 e. The molecule has 4 aromatic carbocycles. The van der Waals surface area contributed by atoms with Crippen molar-refractivity contribution < 1.29 is 33.7 Å². The van der Waals surface area contributed by atoms with Crippen molar-refractivity contribution in [1.82, 2.24) is 19.8 Å². The maximum absolute atomic E-state index is 13.3. The molecule has 5 atom stereocenters. The van der Waals surface area contributed by atoms with E-state index in [4.69, 9.17) is 37.4 Å². The number of imide groups is 1. The van der Waals surface area contributed by atoms with Gasteiger partial charge in [0.25, 0.3) is 5.91 Å². The van der Waals surface area contributed by atoms with Crippen LogP contribution in [0, 0.1) is 5.92 Å². The molecule has 278 valence electrons. The van der Waals surface area contributed by atoms with Crippen molar-refractivity contribution in [3.8, 4) is 11.1 Å². The van der Waals surface area contributed by atoms with Crippen molar-refractivity contribution in [2.75, 3.05) is 0 Å². The summed E-state index contributed by atoms with van der Waals surface area (Å²) in [7, 11) is 0.